The van der Waals surface area contributed by atoms with Gasteiger partial charge >= 0.3 is 5.70 Å². The monoisotopic (exact) mass is 325 g/mol. The fourth-order valence-electron chi connectivity index (χ4n) is 2.18. The molecular weight excluding hydrogens is 306 g/mol. The van der Waals surface area contributed by atoms with Crippen molar-refractivity contribution in [1.82, 2.24) is 0 Å². The molecule has 0 bridgehead atoms. The van der Waals surface area contributed by atoms with Crippen molar-refractivity contribution in [2.45, 2.75) is 19.4 Å². The molecule has 1 aromatic rings. The summed E-state index contributed by atoms with van der Waals surface area (Å²) in [6, 6.07) is 9.76. The molecule has 124 valence electrons. The zero-order chi connectivity index (χ0) is 17.4. The first kappa shape index (κ1) is 17.3. The van der Waals surface area contributed by atoms with Crippen molar-refractivity contribution >= 4 is 0 Å². The van der Waals surface area contributed by atoms with E-state index in [-0.39, 0.29) is 11.5 Å². The first-order chi connectivity index (χ1) is 11.7. The van der Waals surface area contributed by atoms with Crippen LogP contribution in [0.1, 0.15) is 18.4 Å². The lowest BCUT2D eigenvalue weighted by Gasteiger charge is -2.17. The zero-order valence-corrected chi connectivity index (χ0v) is 13.3. The molecule has 0 atom stereocenters. The summed E-state index contributed by atoms with van der Waals surface area (Å²) in [4.78, 5) is 10.5. The Kier molecular flexibility index (Phi) is 6.14. The summed E-state index contributed by atoms with van der Waals surface area (Å²) >= 11 is 0. The average molecular weight is 325 g/mol. The molecule has 24 heavy (non-hydrogen) atoms. The highest BCUT2D eigenvalue weighted by molar-refractivity contribution is 5.28. The van der Waals surface area contributed by atoms with Crippen molar-refractivity contribution in [2.75, 3.05) is 0 Å². The maximum Gasteiger partial charge on any atom is 0.310 e. The maximum absolute atomic E-state index is 11.0. The van der Waals surface area contributed by atoms with Crippen molar-refractivity contribution in [3.05, 3.63) is 106 Å². The number of allylic oxidation sites excluding steroid dienone is 5. The quantitative estimate of drug-likeness (QED) is 0.302. The Labute approximate surface area is 141 Å². The van der Waals surface area contributed by atoms with Gasteiger partial charge in [-0.25, -0.2) is 0 Å². The molecule has 0 radical (unpaired) electrons. The van der Waals surface area contributed by atoms with Crippen LogP contribution in [0.25, 0.3) is 0 Å². The summed E-state index contributed by atoms with van der Waals surface area (Å²) < 4.78 is 11.5. The molecule has 0 saturated heterocycles. The maximum atomic E-state index is 11.0. The Morgan fingerprint density at radius 1 is 1.25 bits per heavy atom. The van der Waals surface area contributed by atoms with Crippen molar-refractivity contribution in [2.24, 2.45) is 0 Å². The van der Waals surface area contributed by atoms with Crippen LogP contribution < -0.4 is 0 Å². The fourth-order valence-corrected chi connectivity index (χ4v) is 2.18. The Morgan fingerprint density at radius 3 is 2.62 bits per heavy atom. The van der Waals surface area contributed by atoms with Crippen LogP contribution in [0.2, 0.25) is 0 Å². The fraction of sp³-hybridized carbons (Fsp3) is 0.158. The van der Waals surface area contributed by atoms with Crippen LogP contribution in [-0.2, 0) is 16.1 Å². The van der Waals surface area contributed by atoms with Gasteiger partial charge in [0.1, 0.15) is 12.4 Å². The standard InChI is InChI=1S/C19H19NO4/c1-3-16(20(21)22)17(4-2)24-19-13-9-8-12-18(19)23-14-15-10-6-5-7-11-15/h3-7,9-11,13H,1-2,8,12,14H2/b17-16-. The van der Waals surface area contributed by atoms with Crippen molar-refractivity contribution in [3.8, 4) is 0 Å². The summed E-state index contributed by atoms with van der Waals surface area (Å²) in [7, 11) is 0. The highest BCUT2D eigenvalue weighted by atomic mass is 16.6. The number of nitrogens with zero attached hydrogens (tertiary/aromatic N) is 1. The summed E-state index contributed by atoms with van der Waals surface area (Å²) in [6.07, 6.45) is 7.62. The Bertz CT molecular complexity index is 714. The molecule has 0 N–H and O–H groups in total. The average Bonchev–Trinajstić information content (AvgIpc) is 2.61. The van der Waals surface area contributed by atoms with E-state index in [2.05, 4.69) is 13.2 Å². The molecule has 0 spiro atoms. The smallest absolute Gasteiger partial charge is 0.310 e. The van der Waals surface area contributed by atoms with Crippen LogP contribution in [-0.4, -0.2) is 4.92 Å². The summed E-state index contributed by atoms with van der Waals surface area (Å²) in [5.41, 5.74) is 0.800. The molecular formula is C19H19NO4. The second-order valence-electron chi connectivity index (χ2n) is 5.02. The largest absolute Gasteiger partial charge is 0.489 e. The van der Waals surface area contributed by atoms with E-state index < -0.39 is 4.92 Å². The molecule has 0 heterocycles. The molecule has 1 aliphatic rings. The molecule has 5 nitrogen and oxygen atoms in total. The van der Waals surface area contributed by atoms with Crippen LogP contribution in [0.3, 0.4) is 0 Å². The van der Waals surface area contributed by atoms with Gasteiger partial charge in [0.2, 0.25) is 5.76 Å². The van der Waals surface area contributed by atoms with Gasteiger partial charge in [-0.3, -0.25) is 10.1 Å². The topological polar surface area (TPSA) is 61.6 Å². The third-order valence-electron chi connectivity index (χ3n) is 3.39. The molecule has 0 aliphatic heterocycles. The minimum absolute atomic E-state index is 0.0392. The molecule has 1 aromatic carbocycles. The van der Waals surface area contributed by atoms with E-state index in [1.807, 2.05) is 36.4 Å². The lowest BCUT2D eigenvalue weighted by atomic mass is 10.1. The number of nitro groups is 1. The van der Waals surface area contributed by atoms with E-state index in [9.17, 15) is 10.1 Å². The van der Waals surface area contributed by atoms with E-state index in [4.69, 9.17) is 9.47 Å². The number of hydrogen-bond donors (Lipinski definition) is 0. The molecule has 0 unspecified atom stereocenters. The Hall–Kier alpha value is -3.08. The summed E-state index contributed by atoms with van der Waals surface area (Å²) in [5, 5.41) is 11.0. The van der Waals surface area contributed by atoms with Crippen molar-refractivity contribution in [1.29, 1.82) is 0 Å². The number of hydrogen-bond acceptors (Lipinski definition) is 4. The van der Waals surface area contributed by atoms with E-state index in [1.165, 1.54) is 6.08 Å². The molecule has 1 aliphatic carbocycles. The minimum Gasteiger partial charge on any atom is -0.489 e. The van der Waals surface area contributed by atoms with Gasteiger partial charge in [-0.2, -0.15) is 0 Å². The lowest BCUT2D eigenvalue weighted by molar-refractivity contribution is -0.421. The molecule has 0 aromatic heterocycles. The Morgan fingerprint density at radius 2 is 2.00 bits per heavy atom. The molecule has 0 saturated carbocycles. The van der Waals surface area contributed by atoms with Crippen LogP contribution >= 0.6 is 0 Å². The van der Waals surface area contributed by atoms with Gasteiger partial charge in [0.05, 0.1) is 4.92 Å². The lowest BCUT2D eigenvalue weighted by Crippen LogP contribution is -2.06. The van der Waals surface area contributed by atoms with Crippen LogP contribution in [0, 0.1) is 10.1 Å². The highest BCUT2D eigenvalue weighted by Crippen LogP contribution is 2.25. The van der Waals surface area contributed by atoms with Gasteiger partial charge in [0.15, 0.2) is 5.76 Å². The highest BCUT2D eigenvalue weighted by Gasteiger charge is 2.19. The molecule has 0 amide bonds. The number of benzene rings is 1. The second-order valence-corrected chi connectivity index (χ2v) is 5.02. The van der Waals surface area contributed by atoms with E-state index in [0.717, 1.165) is 18.1 Å². The number of rotatable bonds is 8. The molecule has 2 rings (SSSR count). The van der Waals surface area contributed by atoms with E-state index in [1.54, 1.807) is 6.08 Å². The third kappa shape index (κ3) is 4.46. The Balaban J connectivity index is 2.22. The minimum atomic E-state index is -0.554. The van der Waals surface area contributed by atoms with Crippen molar-refractivity contribution < 1.29 is 14.4 Å². The molecule has 5 heteroatoms. The van der Waals surface area contributed by atoms with E-state index >= 15 is 0 Å². The second kappa shape index (κ2) is 8.53. The first-order valence-electron chi connectivity index (χ1n) is 7.53. The van der Waals surface area contributed by atoms with Gasteiger partial charge in [-0.05, 0) is 24.1 Å². The first-order valence-corrected chi connectivity index (χ1v) is 7.53. The normalized spacial score (nSPS) is 14.7. The van der Waals surface area contributed by atoms with Gasteiger partial charge in [0.25, 0.3) is 0 Å². The SMILES string of the molecule is C=C/C(OC1=C(OCc2ccccc2)CCC=C1)=C(\C=C)[N+](=O)[O-]. The van der Waals surface area contributed by atoms with Gasteiger partial charge in [-0.15, -0.1) is 0 Å². The van der Waals surface area contributed by atoms with Crippen molar-refractivity contribution in [3.63, 3.8) is 0 Å². The summed E-state index contributed by atoms with van der Waals surface area (Å²) in [5.74, 6) is 1.15. The third-order valence-corrected chi connectivity index (χ3v) is 3.39. The molecule has 0 fully saturated rings. The zero-order valence-electron chi connectivity index (χ0n) is 13.3. The van der Waals surface area contributed by atoms with Gasteiger partial charge < -0.3 is 9.47 Å². The predicted octanol–water partition coefficient (Wildman–Crippen LogP) is 4.64. The number of ether oxygens (including phenoxy) is 2. The summed E-state index contributed by atoms with van der Waals surface area (Å²) in [6.45, 7) is 7.43. The van der Waals surface area contributed by atoms with Crippen LogP contribution in [0.4, 0.5) is 0 Å². The van der Waals surface area contributed by atoms with Crippen LogP contribution in [0.5, 0.6) is 0 Å². The van der Waals surface area contributed by atoms with E-state index in [0.29, 0.717) is 24.5 Å². The van der Waals surface area contributed by atoms with Crippen LogP contribution in [0.15, 0.2) is 90.8 Å². The van der Waals surface area contributed by atoms with Gasteiger partial charge in [-0.1, -0.05) is 49.6 Å². The predicted molar refractivity (Wildman–Crippen MR) is 92.1 cm³/mol. The van der Waals surface area contributed by atoms with Gasteiger partial charge in [0, 0.05) is 12.5 Å².